The van der Waals surface area contributed by atoms with Crippen LogP contribution < -0.4 is 5.73 Å². The number of methoxy groups -OCH3 is 1. The molecule has 2 N–H and O–H groups in total. The van der Waals surface area contributed by atoms with Crippen molar-refractivity contribution in [1.29, 1.82) is 0 Å². The second kappa shape index (κ2) is 7.22. The highest BCUT2D eigenvalue weighted by Crippen LogP contribution is 2.19. The number of rotatable bonds is 3. The molecular weight excluding hydrogens is 270 g/mol. The molecule has 0 aromatic heterocycles. The Hall–Kier alpha value is -1.14. The van der Waals surface area contributed by atoms with Crippen molar-refractivity contribution in [2.75, 3.05) is 39.8 Å². The van der Waals surface area contributed by atoms with Gasteiger partial charge in [0.2, 0.25) is 5.91 Å². The van der Waals surface area contributed by atoms with Gasteiger partial charge in [0.15, 0.2) is 0 Å². The molecule has 120 valence electrons. The molecule has 0 radical (unpaired) electrons. The highest BCUT2D eigenvalue weighted by atomic mass is 16.5. The Kier molecular flexibility index (Phi) is 5.58. The normalized spacial score (nSPS) is 28.4. The van der Waals surface area contributed by atoms with E-state index < -0.39 is 0 Å². The molecule has 2 rings (SSSR count). The second-order valence-electron chi connectivity index (χ2n) is 6.34. The fourth-order valence-corrected chi connectivity index (χ4v) is 3.14. The average Bonchev–Trinajstić information content (AvgIpc) is 2.50. The van der Waals surface area contributed by atoms with Crippen LogP contribution >= 0.6 is 0 Å². The van der Waals surface area contributed by atoms with Crippen LogP contribution in [0.2, 0.25) is 0 Å². The number of hydrogen-bond acceptors (Lipinski definition) is 5. The summed E-state index contributed by atoms with van der Waals surface area (Å²) < 4.78 is 4.76. The van der Waals surface area contributed by atoms with Crippen LogP contribution in [0.15, 0.2) is 0 Å². The average molecular weight is 297 g/mol. The Morgan fingerprint density at radius 2 is 1.86 bits per heavy atom. The van der Waals surface area contributed by atoms with E-state index in [2.05, 4.69) is 11.8 Å². The van der Waals surface area contributed by atoms with Crippen LogP contribution in [0.3, 0.4) is 0 Å². The molecule has 1 amide bonds. The van der Waals surface area contributed by atoms with Gasteiger partial charge in [-0.05, 0) is 31.7 Å². The van der Waals surface area contributed by atoms with Crippen molar-refractivity contribution in [3.05, 3.63) is 0 Å². The Morgan fingerprint density at radius 1 is 1.19 bits per heavy atom. The van der Waals surface area contributed by atoms with Gasteiger partial charge >= 0.3 is 5.97 Å². The first-order valence-electron chi connectivity index (χ1n) is 7.84. The van der Waals surface area contributed by atoms with Gasteiger partial charge < -0.3 is 15.4 Å². The van der Waals surface area contributed by atoms with Gasteiger partial charge in [-0.3, -0.25) is 14.5 Å². The van der Waals surface area contributed by atoms with E-state index in [-0.39, 0.29) is 23.8 Å². The first-order valence-corrected chi connectivity index (χ1v) is 7.84. The predicted octanol–water partition coefficient (Wildman–Crippen LogP) is 0.0671. The van der Waals surface area contributed by atoms with E-state index in [1.165, 1.54) is 7.11 Å². The summed E-state index contributed by atoms with van der Waals surface area (Å²) in [6.07, 6.45) is 2.46. The van der Waals surface area contributed by atoms with Crippen LogP contribution in [-0.4, -0.2) is 67.6 Å². The van der Waals surface area contributed by atoms with Gasteiger partial charge in [-0.2, -0.15) is 0 Å². The van der Waals surface area contributed by atoms with Crippen molar-refractivity contribution in [1.82, 2.24) is 9.80 Å². The van der Waals surface area contributed by atoms with Crippen LogP contribution in [0.5, 0.6) is 0 Å². The standard InChI is InChI=1S/C15H27N3O3/c1-11-3-6-17(9-13(11)16)10-14(19)18-7-4-12(5-8-18)15(20)21-2/h11-13H,3-10,16H2,1-2H3. The summed E-state index contributed by atoms with van der Waals surface area (Å²) in [5.41, 5.74) is 6.07. The summed E-state index contributed by atoms with van der Waals surface area (Å²) in [4.78, 5) is 27.8. The SMILES string of the molecule is COC(=O)C1CCN(C(=O)CN2CCC(C)C(N)C2)CC1. The molecule has 21 heavy (non-hydrogen) atoms. The van der Waals surface area contributed by atoms with Gasteiger partial charge in [-0.15, -0.1) is 0 Å². The highest BCUT2D eigenvalue weighted by molar-refractivity contribution is 5.79. The molecule has 0 bridgehead atoms. The Morgan fingerprint density at radius 3 is 2.43 bits per heavy atom. The molecule has 2 heterocycles. The molecule has 0 spiro atoms. The van der Waals surface area contributed by atoms with Crippen molar-refractivity contribution in [3.8, 4) is 0 Å². The van der Waals surface area contributed by atoms with E-state index in [9.17, 15) is 9.59 Å². The number of carbonyl (C=O) groups excluding carboxylic acids is 2. The number of esters is 1. The molecule has 2 fully saturated rings. The minimum atomic E-state index is -0.155. The largest absolute Gasteiger partial charge is 0.469 e. The van der Waals surface area contributed by atoms with Gasteiger partial charge in [-0.25, -0.2) is 0 Å². The lowest BCUT2D eigenvalue weighted by molar-refractivity contribution is -0.149. The van der Waals surface area contributed by atoms with Gasteiger partial charge in [0, 0.05) is 25.7 Å². The Bertz CT molecular complexity index is 380. The summed E-state index contributed by atoms with van der Waals surface area (Å²) in [6, 6.07) is 0.164. The number of hydrogen-bond donors (Lipinski definition) is 1. The van der Waals surface area contributed by atoms with Gasteiger partial charge in [0.25, 0.3) is 0 Å². The van der Waals surface area contributed by atoms with Crippen molar-refractivity contribution in [3.63, 3.8) is 0 Å². The van der Waals surface area contributed by atoms with Crippen molar-refractivity contribution < 1.29 is 14.3 Å². The lowest BCUT2D eigenvalue weighted by atomic mass is 9.94. The number of likely N-dealkylation sites (tertiary alicyclic amines) is 2. The van der Waals surface area contributed by atoms with Crippen LogP contribution in [-0.2, 0) is 14.3 Å². The van der Waals surface area contributed by atoms with Gasteiger partial charge in [-0.1, -0.05) is 6.92 Å². The molecule has 6 heteroatoms. The molecule has 2 saturated heterocycles. The van der Waals surface area contributed by atoms with Crippen molar-refractivity contribution in [2.24, 2.45) is 17.6 Å². The fourth-order valence-electron chi connectivity index (χ4n) is 3.14. The van der Waals surface area contributed by atoms with Gasteiger partial charge in [0.05, 0.1) is 19.6 Å². The quantitative estimate of drug-likeness (QED) is 0.746. The summed E-state index contributed by atoms with van der Waals surface area (Å²) in [7, 11) is 1.42. The molecular formula is C15H27N3O3. The minimum Gasteiger partial charge on any atom is -0.469 e. The van der Waals surface area contributed by atoms with Crippen LogP contribution in [0.25, 0.3) is 0 Å². The fraction of sp³-hybridized carbons (Fsp3) is 0.867. The maximum Gasteiger partial charge on any atom is 0.308 e. The smallest absolute Gasteiger partial charge is 0.308 e. The lowest BCUT2D eigenvalue weighted by Crippen LogP contribution is -2.51. The van der Waals surface area contributed by atoms with Crippen LogP contribution in [0.1, 0.15) is 26.2 Å². The van der Waals surface area contributed by atoms with E-state index in [1.54, 1.807) is 0 Å². The molecule has 0 aromatic rings. The third-order valence-corrected chi connectivity index (χ3v) is 4.84. The van der Waals surface area contributed by atoms with Crippen molar-refractivity contribution in [2.45, 2.75) is 32.2 Å². The number of nitrogens with zero attached hydrogens (tertiary/aromatic N) is 2. The zero-order valence-electron chi connectivity index (χ0n) is 13.1. The summed E-state index contributed by atoms with van der Waals surface area (Å²) in [5.74, 6) is 0.480. The lowest BCUT2D eigenvalue weighted by Gasteiger charge is -2.37. The zero-order chi connectivity index (χ0) is 15.4. The third kappa shape index (κ3) is 4.17. The summed E-state index contributed by atoms with van der Waals surface area (Å²) in [6.45, 7) is 5.65. The zero-order valence-corrected chi connectivity index (χ0v) is 13.1. The van der Waals surface area contributed by atoms with Crippen LogP contribution in [0, 0.1) is 11.8 Å². The van der Waals surface area contributed by atoms with E-state index in [1.807, 2.05) is 4.90 Å². The topological polar surface area (TPSA) is 75.9 Å². The Labute approximate surface area is 126 Å². The molecule has 2 aliphatic heterocycles. The first-order chi connectivity index (χ1) is 10.0. The number of piperidine rings is 2. The number of carbonyl (C=O) groups is 2. The predicted molar refractivity (Wildman–Crippen MR) is 79.5 cm³/mol. The van der Waals surface area contributed by atoms with Crippen molar-refractivity contribution >= 4 is 11.9 Å². The number of ether oxygens (including phenoxy) is 1. The molecule has 0 aromatic carbocycles. The monoisotopic (exact) mass is 297 g/mol. The molecule has 2 aliphatic rings. The third-order valence-electron chi connectivity index (χ3n) is 4.84. The molecule has 2 unspecified atom stereocenters. The maximum absolute atomic E-state index is 12.3. The first kappa shape index (κ1) is 16.2. The maximum atomic E-state index is 12.3. The molecule has 6 nitrogen and oxygen atoms in total. The highest BCUT2D eigenvalue weighted by Gasteiger charge is 2.30. The second-order valence-corrected chi connectivity index (χ2v) is 6.34. The van der Waals surface area contributed by atoms with E-state index in [0.717, 1.165) is 19.5 Å². The van der Waals surface area contributed by atoms with E-state index in [0.29, 0.717) is 38.4 Å². The van der Waals surface area contributed by atoms with Gasteiger partial charge in [0.1, 0.15) is 0 Å². The Balaban J connectivity index is 1.76. The summed E-state index contributed by atoms with van der Waals surface area (Å²) in [5, 5.41) is 0. The molecule has 0 aliphatic carbocycles. The number of amides is 1. The summed E-state index contributed by atoms with van der Waals surface area (Å²) >= 11 is 0. The van der Waals surface area contributed by atoms with E-state index >= 15 is 0 Å². The molecule has 0 saturated carbocycles. The van der Waals surface area contributed by atoms with Crippen LogP contribution in [0.4, 0.5) is 0 Å². The van der Waals surface area contributed by atoms with E-state index in [4.69, 9.17) is 10.5 Å². The molecule has 2 atom stereocenters. The number of nitrogens with two attached hydrogens (primary N) is 1. The minimum absolute atomic E-state index is 0.0525.